The molecule has 1 aromatic rings. The molecule has 0 unspecified atom stereocenters. The van der Waals surface area contributed by atoms with E-state index in [4.69, 9.17) is 0 Å². The lowest BCUT2D eigenvalue weighted by Gasteiger charge is -2.20. The highest BCUT2D eigenvalue weighted by Gasteiger charge is 2.02. The third-order valence-electron chi connectivity index (χ3n) is 2.18. The third-order valence-corrected chi connectivity index (χ3v) is 2.18. The van der Waals surface area contributed by atoms with Gasteiger partial charge in [0.15, 0.2) is 0 Å². The summed E-state index contributed by atoms with van der Waals surface area (Å²) in [7, 11) is 0. The monoisotopic (exact) mass is 185 g/mol. The van der Waals surface area contributed by atoms with Gasteiger partial charge in [-0.2, -0.15) is 0 Å². The van der Waals surface area contributed by atoms with Gasteiger partial charge in [0, 0.05) is 24.0 Å². The summed E-state index contributed by atoms with van der Waals surface area (Å²) in [5.41, 5.74) is 1.82. The molecule has 0 bridgehead atoms. The van der Waals surface area contributed by atoms with E-state index < -0.39 is 0 Å². The van der Waals surface area contributed by atoms with Crippen LogP contribution in [-0.4, -0.2) is 12.8 Å². The van der Waals surface area contributed by atoms with Crippen LogP contribution in [-0.2, 0) is 0 Å². The molecule has 1 heterocycles. The Hall–Kier alpha value is -1.83. The van der Waals surface area contributed by atoms with Gasteiger partial charge in [-0.25, -0.2) is 0 Å². The van der Waals surface area contributed by atoms with Crippen molar-refractivity contribution in [3.05, 3.63) is 54.3 Å². The summed E-state index contributed by atoms with van der Waals surface area (Å²) >= 11 is 0. The molecule has 0 saturated heterocycles. The van der Waals surface area contributed by atoms with Crippen molar-refractivity contribution in [3.8, 4) is 0 Å². The number of aldehydes is 1. The highest BCUT2D eigenvalue weighted by Crippen LogP contribution is 2.16. The second-order valence-electron chi connectivity index (χ2n) is 3.13. The molecule has 0 aromatic heterocycles. The first kappa shape index (κ1) is 8.75. The van der Waals surface area contributed by atoms with Crippen LogP contribution in [0.2, 0.25) is 0 Å². The fourth-order valence-corrected chi connectivity index (χ4v) is 1.40. The van der Waals surface area contributed by atoms with Crippen molar-refractivity contribution in [2.24, 2.45) is 0 Å². The number of allylic oxidation sites excluding steroid dienone is 2. The first-order valence-corrected chi connectivity index (χ1v) is 4.55. The molecule has 0 aliphatic carbocycles. The van der Waals surface area contributed by atoms with Crippen molar-refractivity contribution in [2.75, 3.05) is 11.4 Å². The maximum atomic E-state index is 10.5. The van der Waals surface area contributed by atoms with Gasteiger partial charge in [0.05, 0.1) is 0 Å². The number of carbonyl (C=O) groups excluding carboxylic acids is 1. The van der Waals surface area contributed by atoms with Crippen molar-refractivity contribution in [2.45, 2.75) is 0 Å². The summed E-state index contributed by atoms with van der Waals surface area (Å²) in [6.07, 6.45) is 8.99. The summed E-state index contributed by atoms with van der Waals surface area (Å²) in [6.45, 7) is 0.886. The molecule has 2 heteroatoms. The maximum absolute atomic E-state index is 10.5. The fraction of sp³-hybridized carbons (Fsp3) is 0.0833. The van der Waals surface area contributed by atoms with Gasteiger partial charge in [-0.1, -0.05) is 12.2 Å². The normalized spacial score (nSPS) is 14.4. The second kappa shape index (κ2) is 3.92. The van der Waals surface area contributed by atoms with Crippen LogP contribution in [0.3, 0.4) is 0 Å². The fourth-order valence-electron chi connectivity index (χ4n) is 1.40. The van der Waals surface area contributed by atoms with Gasteiger partial charge in [-0.05, 0) is 30.3 Å². The van der Waals surface area contributed by atoms with Crippen LogP contribution in [0.4, 0.5) is 5.69 Å². The minimum absolute atomic E-state index is 0.713. The largest absolute Gasteiger partial charge is 0.344 e. The molecule has 1 aliphatic rings. The van der Waals surface area contributed by atoms with Crippen LogP contribution in [0, 0.1) is 0 Å². The van der Waals surface area contributed by atoms with Crippen LogP contribution in [0.15, 0.2) is 48.7 Å². The van der Waals surface area contributed by atoms with E-state index in [-0.39, 0.29) is 0 Å². The van der Waals surface area contributed by atoms with E-state index in [1.807, 2.05) is 42.6 Å². The molecule has 0 saturated carbocycles. The van der Waals surface area contributed by atoms with E-state index in [9.17, 15) is 4.79 Å². The van der Waals surface area contributed by atoms with Gasteiger partial charge in [-0.15, -0.1) is 0 Å². The van der Waals surface area contributed by atoms with E-state index >= 15 is 0 Å². The van der Waals surface area contributed by atoms with E-state index in [0.717, 1.165) is 18.5 Å². The van der Waals surface area contributed by atoms with Crippen molar-refractivity contribution in [1.82, 2.24) is 0 Å². The molecule has 0 fully saturated rings. The van der Waals surface area contributed by atoms with E-state index in [1.165, 1.54) is 0 Å². The number of hydrogen-bond donors (Lipinski definition) is 0. The van der Waals surface area contributed by atoms with Crippen molar-refractivity contribution >= 4 is 12.0 Å². The van der Waals surface area contributed by atoms with Crippen LogP contribution in [0.25, 0.3) is 0 Å². The van der Waals surface area contributed by atoms with Crippen LogP contribution < -0.4 is 4.90 Å². The maximum Gasteiger partial charge on any atom is 0.150 e. The van der Waals surface area contributed by atoms with E-state index in [2.05, 4.69) is 11.0 Å². The molecule has 14 heavy (non-hydrogen) atoms. The summed E-state index contributed by atoms with van der Waals surface area (Å²) in [5, 5.41) is 0. The van der Waals surface area contributed by atoms with Crippen molar-refractivity contribution in [1.29, 1.82) is 0 Å². The van der Waals surface area contributed by atoms with Crippen molar-refractivity contribution < 1.29 is 4.79 Å². The number of rotatable bonds is 2. The lowest BCUT2D eigenvalue weighted by molar-refractivity contribution is 0.112. The molecule has 0 atom stereocenters. The quantitative estimate of drug-likeness (QED) is 0.659. The SMILES string of the molecule is O=Cc1ccc(N2C=CC=CC2)cc1. The van der Waals surface area contributed by atoms with Gasteiger partial charge in [0.2, 0.25) is 0 Å². The molecular formula is C12H11NO. The van der Waals surface area contributed by atoms with Crippen LogP contribution in [0.1, 0.15) is 10.4 Å². The van der Waals surface area contributed by atoms with Gasteiger partial charge < -0.3 is 4.90 Å². The van der Waals surface area contributed by atoms with Crippen molar-refractivity contribution in [3.63, 3.8) is 0 Å². The highest BCUT2D eigenvalue weighted by molar-refractivity contribution is 5.75. The molecule has 0 radical (unpaired) electrons. The predicted octanol–water partition coefficient (Wildman–Crippen LogP) is 2.39. The Kier molecular flexibility index (Phi) is 2.45. The standard InChI is InChI=1S/C12H11NO/c14-10-11-4-6-12(7-5-11)13-8-2-1-3-9-13/h1-8,10H,9H2. The predicted molar refractivity (Wildman–Crippen MR) is 57.5 cm³/mol. The van der Waals surface area contributed by atoms with Crippen LogP contribution >= 0.6 is 0 Å². The first-order chi connectivity index (χ1) is 6.90. The number of benzene rings is 1. The van der Waals surface area contributed by atoms with Gasteiger partial charge in [0.25, 0.3) is 0 Å². The Bertz CT molecular complexity index is 376. The second-order valence-corrected chi connectivity index (χ2v) is 3.13. The highest BCUT2D eigenvalue weighted by atomic mass is 16.1. The topological polar surface area (TPSA) is 20.3 Å². The molecule has 2 rings (SSSR count). The van der Waals surface area contributed by atoms with Gasteiger partial charge >= 0.3 is 0 Å². The smallest absolute Gasteiger partial charge is 0.150 e. The molecule has 0 spiro atoms. The number of carbonyl (C=O) groups is 1. The zero-order chi connectivity index (χ0) is 9.80. The number of nitrogens with zero attached hydrogens (tertiary/aromatic N) is 1. The van der Waals surface area contributed by atoms with Gasteiger partial charge in [-0.3, -0.25) is 4.79 Å². The minimum Gasteiger partial charge on any atom is -0.344 e. The van der Waals surface area contributed by atoms with Crippen LogP contribution in [0.5, 0.6) is 0 Å². The first-order valence-electron chi connectivity index (χ1n) is 4.55. The average Bonchev–Trinajstić information content (AvgIpc) is 2.30. The van der Waals surface area contributed by atoms with E-state index in [1.54, 1.807) is 0 Å². The lowest BCUT2D eigenvalue weighted by atomic mass is 10.2. The Morgan fingerprint density at radius 1 is 1.14 bits per heavy atom. The Labute approximate surface area is 83.2 Å². The average molecular weight is 185 g/mol. The zero-order valence-corrected chi connectivity index (χ0v) is 7.76. The van der Waals surface area contributed by atoms with Gasteiger partial charge in [0.1, 0.15) is 6.29 Å². The summed E-state index contributed by atoms with van der Waals surface area (Å²) in [6, 6.07) is 7.56. The Morgan fingerprint density at radius 2 is 1.93 bits per heavy atom. The number of anilines is 1. The molecule has 0 N–H and O–H groups in total. The summed E-state index contributed by atoms with van der Waals surface area (Å²) in [4.78, 5) is 12.6. The number of hydrogen-bond acceptors (Lipinski definition) is 2. The lowest BCUT2D eigenvalue weighted by Crippen LogP contribution is -2.17. The summed E-state index contributed by atoms with van der Waals surface area (Å²) < 4.78 is 0. The molecular weight excluding hydrogens is 174 g/mol. The van der Waals surface area contributed by atoms with E-state index in [0.29, 0.717) is 5.56 Å². The third kappa shape index (κ3) is 1.74. The molecule has 2 nitrogen and oxygen atoms in total. The Morgan fingerprint density at radius 3 is 2.50 bits per heavy atom. The summed E-state index contributed by atoms with van der Waals surface area (Å²) in [5.74, 6) is 0. The Balaban J connectivity index is 2.20. The molecule has 1 aromatic carbocycles. The molecule has 1 aliphatic heterocycles. The molecule has 0 amide bonds. The zero-order valence-electron chi connectivity index (χ0n) is 7.76. The molecule has 70 valence electrons. The minimum atomic E-state index is 0.713.